The van der Waals surface area contributed by atoms with Crippen LogP contribution in [0.5, 0.6) is 5.75 Å². The van der Waals surface area contributed by atoms with E-state index in [1.807, 2.05) is 0 Å². The fourth-order valence-corrected chi connectivity index (χ4v) is 3.40. The van der Waals surface area contributed by atoms with Crippen LogP contribution < -0.4 is 9.83 Å². The molecule has 0 aromatic heterocycles. The lowest BCUT2D eigenvalue weighted by Crippen LogP contribution is -2.19. The van der Waals surface area contributed by atoms with Gasteiger partial charge in [0.25, 0.3) is 0 Å². The van der Waals surface area contributed by atoms with Crippen molar-refractivity contribution in [3.8, 4) is 16.9 Å². The van der Waals surface area contributed by atoms with Crippen LogP contribution in [0.4, 0.5) is 13.2 Å². The van der Waals surface area contributed by atoms with E-state index in [4.69, 9.17) is 4.52 Å². The van der Waals surface area contributed by atoms with Gasteiger partial charge in [0.2, 0.25) is 0 Å². The average Bonchev–Trinajstić information content (AvgIpc) is 2.37. The zero-order valence-corrected chi connectivity index (χ0v) is 10.8. The van der Waals surface area contributed by atoms with Gasteiger partial charge in [-0.2, -0.15) is 13.2 Å². The van der Waals surface area contributed by atoms with E-state index in [9.17, 15) is 22.6 Å². The molecule has 1 atom stereocenters. The molecule has 0 spiro atoms. The summed E-state index contributed by atoms with van der Waals surface area (Å²) in [7, 11) is -4.15. The van der Waals surface area contributed by atoms with Crippen LogP contribution in [-0.4, -0.2) is 4.89 Å². The molecule has 7 heteroatoms. The molecule has 1 heterocycles. The quantitative estimate of drug-likeness (QED) is 0.756. The van der Waals surface area contributed by atoms with E-state index in [0.29, 0.717) is 5.56 Å². The maximum atomic E-state index is 12.8. The summed E-state index contributed by atoms with van der Waals surface area (Å²) in [5, 5.41) is -0.121. The molecule has 2 aromatic carbocycles. The molecular weight excluding hydrogens is 292 g/mol. The Morgan fingerprint density at radius 1 is 1.05 bits per heavy atom. The fraction of sp³-hybridized carbons (Fsp3) is 0.0769. The van der Waals surface area contributed by atoms with Crippen molar-refractivity contribution in [3.63, 3.8) is 0 Å². The molecule has 3 nitrogen and oxygen atoms in total. The molecule has 104 valence electrons. The minimum atomic E-state index is -4.51. The number of fused-ring (bicyclic) bond motifs is 3. The molecule has 0 radical (unpaired) electrons. The smallest absolute Gasteiger partial charge is 0.416 e. The molecule has 0 aliphatic carbocycles. The Morgan fingerprint density at radius 2 is 1.75 bits per heavy atom. The summed E-state index contributed by atoms with van der Waals surface area (Å²) in [4.78, 5) is 9.82. The Hall–Kier alpha value is -1.78. The van der Waals surface area contributed by atoms with Crippen LogP contribution in [0, 0.1) is 0 Å². The van der Waals surface area contributed by atoms with Crippen molar-refractivity contribution in [3.05, 3.63) is 48.0 Å². The van der Waals surface area contributed by atoms with Crippen LogP contribution in [0.1, 0.15) is 5.56 Å². The van der Waals surface area contributed by atoms with Gasteiger partial charge in [-0.3, -0.25) is 0 Å². The Labute approximate surface area is 112 Å². The minimum Gasteiger partial charge on any atom is -0.421 e. The van der Waals surface area contributed by atoms with Gasteiger partial charge in [0, 0.05) is 11.1 Å². The normalized spacial score (nSPS) is 20.8. The van der Waals surface area contributed by atoms with Gasteiger partial charge in [-0.05, 0) is 24.3 Å². The Bertz CT molecular complexity index is 740. The summed E-state index contributed by atoms with van der Waals surface area (Å²) in [6.07, 6.45) is -4.51. The second-order valence-corrected chi connectivity index (χ2v) is 6.04. The highest BCUT2D eigenvalue weighted by Crippen LogP contribution is 2.52. The lowest BCUT2D eigenvalue weighted by Gasteiger charge is -2.25. The monoisotopic (exact) mass is 300 g/mol. The van der Waals surface area contributed by atoms with Crippen molar-refractivity contribution in [2.45, 2.75) is 6.18 Å². The van der Waals surface area contributed by atoms with E-state index in [0.717, 1.165) is 18.2 Å². The topological polar surface area (TPSA) is 46.5 Å². The molecule has 1 aliphatic heterocycles. The Morgan fingerprint density at radius 3 is 2.45 bits per heavy atom. The number of halogens is 3. The summed E-state index contributed by atoms with van der Waals surface area (Å²) >= 11 is 0. The highest BCUT2D eigenvalue weighted by atomic mass is 31.2. The summed E-state index contributed by atoms with van der Waals surface area (Å²) in [6, 6.07) is 8.85. The molecule has 0 amide bonds. The van der Waals surface area contributed by atoms with E-state index in [1.165, 1.54) is 6.07 Å². The van der Waals surface area contributed by atoms with Crippen LogP contribution in [0.25, 0.3) is 11.1 Å². The third-order valence-electron chi connectivity index (χ3n) is 3.03. The van der Waals surface area contributed by atoms with Crippen LogP contribution in [0.15, 0.2) is 42.5 Å². The number of para-hydroxylation sites is 1. The van der Waals surface area contributed by atoms with Gasteiger partial charge in [-0.25, -0.2) is 4.57 Å². The molecule has 1 unspecified atom stereocenters. The molecule has 2 aromatic rings. The number of rotatable bonds is 0. The van der Waals surface area contributed by atoms with Gasteiger partial charge in [0.15, 0.2) is 0 Å². The van der Waals surface area contributed by atoms with Gasteiger partial charge in [-0.15, -0.1) is 0 Å². The van der Waals surface area contributed by atoms with Crippen molar-refractivity contribution in [2.75, 3.05) is 0 Å². The second-order valence-electron chi connectivity index (χ2n) is 4.34. The number of hydrogen-bond acceptors (Lipinski definition) is 2. The molecule has 1 N–H and O–H groups in total. The third kappa shape index (κ3) is 2.01. The molecule has 0 bridgehead atoms. The van der Waals surface area contributed by atoms with Crippen LogP contribution in [-0.2, 0) is 10.7 Å². The van der Waals surface area contributed by atoms with Gasteiger partial charge < -0.3 is 9.42 Å². The molecule has 0 saturated carbocycles. The van der Waals surface area contributed by atoms with Crippen LogP contribution in [0.2, 0.25) is 0 Å². The number of hydrogen-bond donors (Lipinski definition) is 1. The lowest BCUT2D eigenvalue weighted by molar-refractivity contribution is -0.137. The van der Waals surface area contributed by atoms with E-state index in [1.54, 1.807) is 18.2 Å². The van der Waals surface area contributed by atoms with Crippen molar-refractivity contribution in [1.82, 2.24) is 0 Å². The van der Waals surface area contributed by atoms with Crippen molar-refractivity contribution < 1.29 is 27.2 Å². The van der Waals surface area contributed by atoms with E-state index in [2.05, 4.69) is 0 Å². The van der Waals surface area contributed by atoms with Crippen LogP contribution in [0.3, 0.4) is 0 Å². The van der Waals surface area contributed by atoms with Crippen molar-refractivity contribution in [1.29, 1.82) is 0 Å². The molecule has 3 rings (SSSR count). The number of alkyl halides is 3. The summed E-state index contributed by atoms with van der Waals surface area (Å²) < 4.78 is 55.3. The Kier molecular flexibility index (Phi) is 2.71. The highest BCUT2D eigenvalue weighted by molar-refractivity contribution is 7.62. The first kappa shape index (κ1) is 13.2. The summed E-state index contributed by atoms with van der Waals surface area (Å²) in [5.41, 5.74) is -0.422. The lowest BCUT2D eigenvalue weighted by atomic mass is 10.0. The maximum Gasteiger partial charge on any atom is 0.416 e. The SMILES string of the molecule is O=P1(O)Oc2ccccc2-c2cc(C(F)(F)F)ccc21. The highest BCUT2D eigenvalue weighted by Gasteiger charge is 2.37. The standard InChI is InChI=1S/C13H8F3O3P/c14-13(15,16)8-5-6-12-10(7-8)9-3-1-2-4-11(9)19-20(12,17)18/h1-7H,(H,17,18). The maximum absolute atomic E-state index is 12.8. The largest absolute Gasteiger partial charge is 0.421 e. The van der Waals surface area contributed by atoms with Gasteiger partial charge >= 0.3 is 13.8 Å². The summed E-state index contributed by atoms with van der Waals surface area (Å²) in [5.74, 6) is 0.102. The predicted octanol–water partition coefficient (Wildman–Crippen LogP) is 3.58. The van der Waals surface area contributed by atoms with Crippen molar-refractivity contribution >= 4 is 12.9 Å². The minimum absolute atomic E-state index is 0.0764. The van der Waals surface area contributed by atoms with Gasteiger partial charge in [0.1, 0.15) is 5.75 Å². The zero-order valence-electron chi connectivity index (χ0n) is 9.89. The first-order valence-corrected chi connectivity index (χ1v) is 7.20. The van der Waals surface area contributed by atoms with E-state index < -0.39 is 19.3 Å². The second kappa shape index (κ2) is 4.11. The van der Waals surface area contributed by atoms with Crippen molar-refractivity contribution in [2.24, 2.45) is 0 Å². The number of benzene rings is 2. The predicted molar refractivity (Wildman–Crippen MR) is 67.0 cm³/mol. The molecule has 20 heavy (non-hydrogen) atoms. The Balaban J connectivity index is 2.31. The van der Waals surface area contributed by atoms with Crippen LogP contribution >= 0.6 is 7.60 Å². The first-order chi connectivity index (χ1) is 9.29. The molecule has 0 fully saturated rings. The van der Waals surface area contributed by atoms with E-state index >= 15 is 0 Å². The third-order valence-corrected chi connectivity index (χ3v) is 4.47. The molecule has 0 saturated heterocycles. The molecule has 1 aliphatic rings. The van der Waals surface area contributed by atoms with Gasteiger partial charge in [0.05, 0.1) is 10.9 Å². The molecular formula is C13H8F3O3P. The van der Waals surface area contributed by atoms with E-state index in [-0.39, 0.29) is 16.6 Å². The first-order valence-electron chi connectivity index (χ1n) is 5.63. The zero-order chi connectivity index (χ0) is 14.5. The fourth-order valence-electron chi connectivity index (χ4n) is 2.13. The van der Waals surface area contributed by atoms with Gasteiger partial charge in [-0.1, -0.05) is 18.2 Å². The summed E-state index contributed by atoms with van der Waals surface area (Å²) in [6.45, 7) is 0. The average molecular weight is 300 g/mol.